The van der Waals surface area contributed by atoms with Crippen LogP contribution in [-0.4, -0.2) is 9.78 Å². The SMILES string of the molecule is CCc1c(C)nn(-c2cccc(N)c2)c1C. The van der Waals surface area contributed by atoms with Gasteiger partial charge in [0.25, 0.3) is 0 Å². The van der Waals surface area contributed by atoms with Crippen LogP contribution in [0.2, 0.25) is 0 Å². The Kier molecular flexibility index (Phi) is 2.69. The van der Waals surface area contributed by atoms with Gasteiger partial charge >= 0.3 is 0 Å². The molecule has 2 rings (SSSR count). The van der Waals surface area contributed by atoms with Gasteiger partial charge in [-0.1, -0.05) is 13.0 Å². The average Bonchev–Trinajstić information content (AvgIpc) is 2.54. The fourth-order valence-electron chi connectivity index (χ4n) is 2.09. The van der Waals surface area contributed by atoms with Crippen molar-refractivity contribution >= 4 is 5.69 Å². The molecule has 0 saturated carbocycles. The van der Waals surface area contributed by atoms with Gasteiger partial charge in [-0.3, -0.25) is 0 Å². The number of nitrogens with zero attached hydrogens (tertiary/aromatic N) is 2. The fraction of sp³-hybridized carbons (Fsp3) is 0.308. The van der Waals surface area contributed by atoms with E-state index in [1.165, 1.54) is 11.3 Å². The largest absolute Gasteiger partial charge is 0.399 e. The van der Waals surface area contributed by atoms with Crippen LogP contribution in [0.5, 0.6) is 0 Å². The lowest BCUT2D eigenvalue weighted by atomic mass is 10.1. The third-order valence-electron chi connectivity index (χ3n) is 2.91. The van der Waals surface area contributed by atoms with Gasteiger partial charge in [-0.05, 0) is 44.0 Å². The lowest BCUT2D eigenvalue weighted by molar-refractivity contribution is 0.833. The quantitative estimate of drug-likeness (QED) is 0.783. The van der Waals surface area contributed by atoms with Crippen LogP contribution >= 0.6 is 0 Å². The predicted molar refractivity (Wildman–Crippen MR) is 66.8 cm³/mol. The number of aromatic nitrogens is 2. The van der Waals surface area contributed by atoms with Crippen molar-refractivity contribution in [3.63, 3.8) is 0 Å². The Hall–Kier alpha value is -1.77. The summed E-state index contributed by atoms with van der Waals surface area (Å²) in [6, 6.07) is 7.80. The lowest BCUT2D eigenvalue weighted by Gasteiger charge is -2.05. The van der Waals surface area contributed by atoms with Gasteiger partial charge in [0.15, 0.2) is 0 Å². The van der Waals surface area contributed by atoms with Crippen LogP contribution in [0.15, 0.2) is 24.3 Å². The van der Waals surface area contributed by atoms with Gasteiger partial charge in [0.2, 0.25) is 0 Å². The molecule has 0 aliphatic rings. The fourth-order valence-corrected chi connectivity index (χ4v) is 2.09. The van der Waals surface area contributed by atoms with E-state index < -0.39 is 0 Å². The molecule has 0 amide bonds. The van der Waals surface area contributed by atoms with E-state index in [4.69, 9.17) is 5.73 Å². The van der Waals surface area contributed by atoms with Crippen molar-refractivity contribution < 1.29 is 0 Å². The molecule has 84 valence electrons. The molecule has 1 aromatic carbocycles. The maximum Gasteiger partial charge on any atom is 0.0669 e. The van der Waals surface area contributed by atoms with Crippen molar-refractivity contribution in [2.45, 2.75) is 27.2 Å². The topological polar surface area (TPSA) is 43.8 Å². The van der Waals surface area contributed by atoms with E-state index in [0.29, 0.717) is 0 Å². The van der Waals surface area contributed by atoms with E-state index in [2.05, 4.69) is 25.9 Å². The van der Waals surface area contributed by atoms with Crippen LogP contribution in [0.25, 0.3) is 5.69 Å². The minimum atomic E-state index is 0.767. The second-order valence-corrected chi connectivity index (χ2v) is 4.01. The maximum atomic E-state index is 5.78. The molecule has 16 heavy (non-hydrogen) atoms. The van der Waals surface area contributed by atoms with Crippen molar-refractivity contribution in [1.82, 2.24) is 9.78 Å². The zero-order valence-electron chi connectivity index (χ0n) is 9.99. The Balaban J connectivity index is 2.56. The van der Waals surface area contributed by atoms with E-state index in [-0.39, 0.29) is 0 Å². The average molecular weight is 215 g/mol. The van der Waals surface area contributed by atoms with Crippen LogP contribution in [0.3, 0.4) is 0 Å². The highest BCUT2D eigenvalue weighted by atomic mass is 15.3. The standard InChI is InChI=1S/C13H17N3/c1-4-13-9(2)15-16(10(13)3)12-7-5-6-11(14)8-12/h5-8H,4,14H2,1-3H3. The van der Waals surface area contributed by atoms with Crippen molar-refractivity contribution in [2.24, 2.45) is 0 Å². The Labute approximate surface area is 95.9 Å². The summed E-state index contributed by atoms with van der Waals surface area (Å²) in [4.78, 5) is 0. The summed E-state index contributed by atoms with van der Waals surface area (Å²) < 4.78 is 1.96. The summed E-state index contributed by atoms with van der Waals surface area (Å²) >= 11 is 0. The van der Waals surface area contributed by atoms with Crippen LogP contribution in [-0.2, 0) is 6.42 Å². The third kappa shape index (κ3) is 1.69. The minimum Gasteiger partial charge on any atom is -0.399 e. The molecular weight excluding hydrogens is 198 g/mol. The van der Waals surface area contributed by atoms with Crippen molar-refractivity contribution in [3.05, 3.63) is 41.2 Å². The Morgan fingerprint density at radius 2 is 2.06 bits per heavy atom. The van der Waals surface area contributed by atoms with Gasteiger partial charge in [-0.2, -0.15) is 5.10 Å². The molecule has 2 aromatic rings. The summed E-state index contributed by atoms with van der Waals surface area (Å²) in [7, 11) is 0. The first-order valence-corrected chi connectivity index (χ1v) is 5.54. The summed E-state index contributed by atoms with van der Waals surface area (Å²) in [5, 5.41) is 4.55. The molecule has 1 heterocycles. The monoisotopic (exact) mass is 215 g/mol. The zero-order valence-corrected chi connectivity index (χ0v) is 9.99. The molecule has 1 aromatic heterocycles. The molecule has 0 aliphatic heterocycles. The van der Waals surface area contributed by atoms with Gasteiger partial charge in [0.05, 0.1) is 11.4 Å². The van der Waals surface area contributed by atoms with E-state index >= 15 is 0 Å². The Morgan fingerprint density at radius 3 is 2.62 bits per heavy atom. The molecule has 3 nitrogen and oxygen atoms in total. The highest BCUT2D eigenvalue weighted by molar-refractivity contribution is 5.48. The molecule has 3 heteroatoms. The van der Waals surface area contributed by atoms with Crippen molar-refractivity contribution in [3.8, 4) is 5.69 Å². The number of rotatable bonds is 2. The second-order valence-electron chi connectivity index (χ2n) is 4.01. The van der Waals surface area contributed by atoms with Crippen molar-refractivity contribution in [1.29, 1.82) is 0 Å². The number of hydrogen-bond acceptors (Lipinski definition) is 2. The molecular formula is C13H17N3. The van der Waals surface area contributed by atoms with Gasteiger partial charge in [-0.15, -0.1) is 0 Å². The molecule has 0 saturated heterocycles. The van der Waals surface area contributed by atoms with Crippen LogP contribution < -0.4 is 5.73 Å². The summed E-state index contributed by atoms with van der Waals surface area (Å²) in [5.74, 6) is 0. The van der Waals surface area contributed by atoms with Crippen LogP contribution in [0, 0.1) is 13.8 Å². The summed E-state index contributed by atoms with van der Waals surface area (Å²) in [6.45, 7) is 6.30. The molecule has 0 unspecified atom stereocenters. The molecule has 0 atom stereocenters. The predicted octanol–water partition coefficient (Wildman–Crippen LogP) is 2.63. The molecule has 0 spiro atoms. The summed E-state index contributed by atoms with van der Waals surface area (Å²) in [5.41, 5.74) is 11.2. The highest BCUT2D eigenvalue weighted by Gasteiger charge is 2.10. The Bertz CT molecular complexity index is 512. The number of hydrogen-bond donors (Lipinski definition) is 1. The lowest BCUT2D eigenvalue weighted by Crippen LogP contribution is -2.00. The number of nitrogen functional groups attached to an aromatic ring is 1. The molecule has 2 N–H and O–H groups in total. The van der Waals surface area contributed by atoms with Crippen molar-refractivity contribution in [2.75, 3.05) is 5.73 Å². The molecule has 0 fully saturated rings. The van der Waals surface area contributed by atoms with E-state index in [1.54, 1.807) is 0 Å². The number of aryl methyl sites for hydroxylation is 1. The Morgan fingerprint density at radius 1 is 1.31 bits per heavy atom. The van der Waals surface area contributed by atoms with E-state index in [0.717, 1.165) is 23.5 Å². The smallest absolute Gasteiger partial charge is 0.0669 e. The first-order chi connectivity index (χ1) is 7.63. The normalized spacial score (nSPS) is 10.7. The first-order valence-electron chi connectivity index (χ1n) is 5.54. The molecule has 0 aliphatic carbocycles. The zero-order chi connectivity index (χ0) is 11.7. The number of nitrogens with two attached hydrogens (primary N) is 1. The van der Waals surface area contributed by atoms with E-state index in [1.807, 2.05) is 28.9 Å². The first kappa shape index (κ1) is 10.7. The number of benzene rings is 1. The highest BCUT2D eigenvalue weighted by Crippen LogP contribution is 2.19. The van der Waals surface area contributed by atoms with Crippen LogP contribution in [0.1, 0.15) is 23.9 Å². The van der Waals surface area contributed by atoms with E-state index in [9.17, 15) is 0 Å². The third-order valence-corrected chi connectivity index (χ3v) is 2.91. The molecule has 0 radical (unpaired) electrons. The van der Waals surface area contributed by atoms with Crippen LogP contribution in [0.4, 0.5) is 5.69 Å². The second kappa shape index (κ2) is 4.00. The van der Waals surface area contributed by atoms with Gasteiger partial charge in [-0.25, -0.2) is 4.68 Å². The van der Waals surface area contributed by atoms with Gasteiger partial charge in [0, 0.05) is 11.4 Å². The minimum absolute atomic E-state index is 0.767. The maximum absolute atomic E-state index is 5.78. The summed E-state index contributed by atoms with van der Waals surface area (Å²) in [6.07, 6.45) is 1.01. The van der Waals surface area contributed by atoms with Gasteiger partial charge in [0.1, 0.15) is 0 Å². The van der Waals surface area contributed by atoms with Gasteiger partial charge < -0.3 is 5.73 Å². The molecule has 0 bridgehead atoms. The number of anilines is 1.